The van der Waals surface area contributed by atoms with Gasteiger partial charge < -0.3 is 5.73 Å². The van der Waals surface area contributed by atoms with Gasteiger partial charge in [0.25, 0.3) is 10.0 Å². The highest BCUT2D eigenvalue weighted by Crippen LogP contribution is 2.41. The number of carbonyl (C=O) groups is 1. The van der Waals surface area contributed by atoms with Gasteiger partial charge in [0.1, 0.15) is 0 Å². The van der Waals surface area contributed by atoms with Gasteiger partial charge in [-0.15, -0.1) is 0 Å². The maximum Gasteiger partial charge on any atom is 0.264 e. The maximum atomic E-state index is 13.0. The summed E-state index contributed by atoms with van der Waals surface area (Å²) in [6.45, 7) is 1.80. The minimum absolute atomic E-state index is 0.235. The predicted molar refractivity (Wildman–Crippen MR) is 88.6 cm³/mol. The molecule has 0 aliphatic carbocycles. The lowest BCUT2D eigenvalue weighted by molar-refractivity contribution is -0.119. The molecule has 0 radical (unpaired) electrons. The third kappa shape index (κ3) is 2.59. The summed E-state index contributed by atoms with van der Waals surface area (Å²) in [6, 6.07) is 15.0. The molecule has 0 unspecified atom stereocenters. The Morgan fingerprint density at radius 2 is 1.70 bits per heavy atom. The second kappa shape index (κ2) is 5.70. The van der Waals surface area contributed by atoms with Crippen LogP contribution in [0.2, 0.25) is 0 Å². The fourth-order valence-corrected chi connectivity index (χ4v) is 4.84. The van der Waals surface area contributed by atoms with Crippen molar-refractivity contribution in [2.24, 2.45) is 5.73 Å². The predicted octanol–water partition coefficient (Wildman–Crippen LogP) is 2.24. The molecular weight excluding hydrogens is 312 g/mol. The van der Waals surface area contributed by atoms with Crippen LogP contribution in [-0.4, -0.2) is 20.4 Å². The zero-order valence-electron chi connectivity index (χ0n) is 12.7. The fraction of sp³-hybridized carbons (Fsp3) is 0.235. The Morgan fingerprint density at radius 1 is 1.09 bits per heavy atom. The summed E-state index contributed by atoms with van der Waals surface area (Å²) in [4.78, 5) is 12.0. The van der Waals surface area contributed by atoms with Crippen LogP contribution in [0.3, 0.4) is 0 Å². The van der Waals surface area contributed by atoms with Crippen molar-refractivity contribution >= 4 is 21.6 Å². The largest absolute Gasteiger partial charge is 0.369 e. The van der Waals surface area contributed by atoms with Gasteiger partial charge in [0.15, 0.2) is 0 Å². The van der Waals surface area contributed by atoms with E-state index in [1.807, 2.05) is 0 Å². The van der Waals surface area contributed by atoms with Crippen molar-refractivity contribution in [2.75, 3.05) is 4.31 Å². The quantitative estimate of drug-likeness (QED) is 0.937. The minimum atomic E-state index is -3.69. The monoisotopic (exact) mass is 330 g/mol. The standard InChI is InChI=1S/C17H18N2O3S/c1-12-11-15(17(18)20)14-9-5-6-10-16(14)19(12)23(21,22)13-7-3-2-4-8-13/h2-10,12,15H,11H2,1H3,(H2,18,20)/t12-,15+/m1/s1. The zero-order valence-corrected chi connectivity index (χ0v) is 13.5. The number of carbonyl (C=O) groups excluding carboxylic acids is 1. The summed E-state index contributed by atoms with van der Waals surface area (Å²) in [5.41, 5.74) is 6.69. The van der Waals surface area contributed by atoms with E-state index in [9.17, 15) is 13.2 Å². The van der Waals surface area contributed by atoms with Crippen LogP contribution in [0.5, 0.6) is 0 Å². The molecule has 1 aliphatic rings. The van der Waals surface area contributed by atoms with Crippen molar-refractivity contribution < 1.29 is 13.2 Å². The Kier molecular flexibility index (Phi) is 3.85. The topological polar surface area (TPSA) is 80.5 Å². The molecule has 1 aliphatic heterocycles. The lowest BCUT2D eigenvalue weighted by Crippen LogP contribution is -2.45. The second-order valence-electron chi connectivity index (χ2n) is 5.71. The van der Waals surface area contributed by atoms with Gasteiger partial charge in [-0.2, -0.15) is 0 Å². The summed E-state index contributed by atoms with van der Waals surface area (Å²) >= 11 is 0. The van der Waals surface area contributed by atoms with Crippen LogP contribution in [-0.2, 0) is 14.8 Å². The van der Waals surface area contributed by atoms with Crippen LogP contribution in [0.1, 0.15) is 24.8 Å². The van der Waals surface area contributed by atoms with E-state index in [0.717, 1.165) is 0 Å². The number of fused-ring (bicyclic) bond motifs is 1. The Hall–Kier alpha value is -2.34. The van der Waals surface area contributed by atoms with Crippen molar-refractivity contribution in [2.45, 2.75) is 30.2 Å². The number of nitrogens with zero attached hydrogens (tertiary/aromatic N) is 1. The van der Waals surface area contributed by atoms with E-state index >= 15 is 0 Å². The summed E-state index contributed by atoms with van der Waals surface area (Å²) < 4.78 is 27.5. The van der Waals surface area contributed by atoms with Crippen LogP contribution in [0.25, 0.3) is 0 Å². The number of amides is 1. The van der Waals surface area contributed by atoms with E-state index in [4.69, 9.17) is 5.73 Å². The van der Waals surface area contributed by atoms with Gasteiger partial charge in [-0.1, -0.05) is 36.4 Å². The molecule has 0 saturated carbocycles. The fourth-order valence-electron chi connectivity index (χ4n) is 3.13. The van der Waals surface area contributed by atoms with Crippen LogP contribution < -0.4 is 10.0 Å². The van der Waals surface area contributed by atoms with Gasteiger partial charge in [-0.25, -0.2) is 8.42 Å². The van der Waals surface area contributed by atoms with Crippen molar-refractivity contribution in [1.29, 1.82) is 0 Å². The van der Waals surface area contributed by atoms with Crippen molar-refractivity contribution in [3.8, 4) is 0 Å². The summed E-state index contributed by atoms with van der Waals surface area (Å²) in [5, 5.41) is 0. The van der Waals surface area contributed by atoms with Gasteiger partial charge in [0.05, 0.1) is 16.5 Å². The van der Waals surface area contributed by atoms with E-state index in [1.165, 1.54) is 4.31 Å². The smallest absolute Gasteiger partial charge is 0.264 e. The van der Waals surface area contributed by atoms with E-state index in [-0.39, 0.29) is 10.9 Å². The molecule has 2 aromatic rings. The van der Waals surface area contributed by atoms with E-state index < -0.39 is 21.8 Å². The molecule has 2 atom stereocenters. The third-order valence-corrected chi connectivity index (χ3v) is 6.11. The minimum Gasteiger partial charge on any atom is -0.369 e. The summed E-state index contributed by atoms with van der Waals surface area (Å²) in [7, 11) is -3.69. The average molecular weight is 330 g/mol. The number of anilines is 1. The Bertz CT molecular complexity index is 834. The zero-order chi connectivity index (χ0) is 16.6. The molecule has 5 nitrogen and oxygen atoms in total. The molecule has 6 heteroatoms. The highest BCUT2D eigenvalue weighted by molar-refractivity contribution is 7.92. The summed E-state index contributed by atoms with van der Waals surface area (Å²) in [6.07, 6.45) is 0.373. The van der Waals surface area contributed by atoms with Crippen molar-refractivity contribution in [3.63, 3.8) is 0 Å². The molecule has 1 amide bonds. The van der Waals surface area contributed by atoms with Gasteiger partial charge in [-0.05, 0) is 37.1 Å². The van der Waals surface area contributed by atoms with Crippen molar-refractivity contribution in [1.82, 2.24) is 0 Å². The van der Waals surface area contributed by atoms with Gasteiger partial charge >= 0.3 is 0 Å². The number of sulfonamides is 1. The van der Waals surface area contributed by atoms with Crippen LogP contribution in [0.4, 0.5) is 5.69 Å². The van der Waals surface area contributed by atoms with E-state index in [1.54, 1.807) is 61.5 Å². The van der Waals surface area contributed by atoms with Crippen LogP contribution in [0.15, 0.2) is 59.5 Å². The highest BCUT2D eigenvalue weighted by atomic mass is 32.2. The molecule has 0 bridgehead atoms. The molecule has 0 fully saturated rings. The number of benzene rings is 2. The maximum absolute atomic E-state index is 13.0. The SMILES string of the molecule is C[C@@H]1C[C@H](C(N)=O)c2ccccc2N1S(=O)(=O)c1ccccc1. The average Bonchev–Trinajstić information content (AvgIpc) is 2.54. The normalized spacial score (nSPS) is 20.8. The molecule has 0 saturated heterocycles. The molecular formula is C17H18N2O3S. The first kappa shape index (κ1) is 15.6. The highest BCUT2D eigenvalue weighted by Gasteiger charge is 2.39. The number of para-hydroxylation sites is 1. The Morgan fingerprint density at radius 3 is 2.35 bits per heavy atom. The third-order valence-electron chi connectivity index (χ3n) is 4.17. The van der Waals surface area contributed by atoms with Gasteiger partial charge in [0.2, 0.25) is 5.91 Å². The molecule has 2 aromatic carbocycles. The Balaban J connectivity index is 2.17. The van der Waals surface area contributed by atoms with Gasteiger partial charge in [-0.3, -0.25) is 9.10 Å². The number of hydrogen-bond acceptors (Lipinski definition) is 3. The number of primary amides is 1. The van der Waals surface area contributed by atoms with E-state index in [2.05, 4.69) is 0 Å². The first-order chi connectivity index (χ1) is 10.9. The van der Waals surface area contributed by atoms with Crippen molar-refractivity contribution in [3.05, 3.63) is 60.2 Å². The Labute approximate surface area is 135 Å². The molecule has 0 aromatic heterocycles. The molecule has 120 valence electrons. The van der Waals surface area contributed by atoms with Gasteiger partial charge in [0, 0.05) is 6.04 Å². The number of rotatable bonds is 3. The lowest BCUT2D eigenvalue weighted by atomic mass is 9.87. The number of nitrogens with two attached hydrogens (primary N) is 1. The molecule has 23 heavy (non-hydrogen) atoms. The first-order valence-electron chi connectivity index (χ1n) is 7.40. The lowest BCUT2D eigenvalue weighted by Gasteiger charge is -2.38. The molecule has 0 spiro atoms. The summed E-state index contributed by atoms with van der Waals surface area (Å²) in [5.74, 6) is -0.899. The molecule has 3 rings (SSSR count). The first-order valence-corrected chi connectivity index (χ1v) is 8.84. The van der Waals surface area contributed by atoms with Crippen LogP contribution >= 0.6 is 0 Å². The molecule has 1 heterocycles. The molecule has 2 N–H and O–H groups in total. The second-order valence-corrected chi connectivity index (χ2v) is 7.53. The van der Waals surface area contributed by atoms with E-state index in [0.29, 0.717) is 17.7 Å². The van der Waals surface area contributed by atoms with Crippen LogP contribution in [0, 0.1) is 0 Å². The number of hydrogen-bond donors (Lipinski definition) is 1.